The summed E-state index contributed by atoms with van der Waals surface area (Å²) >= 11 is 0. The first-order valence-electron chi connectivity index (χ1n) is 7.80. The van der Waals surface area contributed by atoms with Crippen LogP contribution in [-0.4, -0.2) is 17.8 Å². The maximum absolute atomic E-state index is 8.98. The van der Waals surface area contributed by atoms with Crippen LogP contribution < -0.4 is 5.73 Å². The second kappa shape index (κ2) is 9.80. The lowest BCUT2D eigenvalue weighted by atomic mass is 9.76. The average Bonchev–Trinajstić information content (AvgIpc) is 2.33. The third kappa shape index (κ3) is 6.75. The quantitative estimate of drug-likeness (QED) is 0.625. The van der Waals surface area contributed by atoms with Crippen molar-refractivity contribution in [2.75, 3.05) is 6.61 Å². The van der Waals surface area contributed by atoms with E-state index in [1.807, 2.05) is 0 Å². The minimum absolute atomic E-state index is 0.151. The van der Waals surface area contributed by atoms with E-state index in [1.165, 1.54) is 25.7 Å². The molecule has 0 amide bonds. The van der Waals surface area contributed by atoms with Crippen molar-refractivity contribution < 1.29 is 5.11 Å². The van der Waals surface area contributed by atoms with Gasteiger partial charge in [-0.25, -0.2) is 0 Å². The third-order valence-corrected chi connectivity index (χ3v) is 4.59. The predicted octanol–water partition coefficient (Wildman–Crippen LogP) is 3.82. The Kier molecular flexibility index (Phi) is 9.76. The maximum atomic E-state index is 8.98. The highest BCUT2D eigenvalue weighted by molar-refractivity contribution is 4.76. The van der Waals surface area contributed by atoms with Crippen molar-refractivity contribution in [2.24, 2.45) is 29.4 Å². The molecule has 0 spiro atoms. The summed E-state index contributed by atoms with van der Waals surface area (Å²) < 4.78 is 0. The maximum Gasteiger partial charge on any atom is 0.0445 e. The summed E-state index contributed by atoms with van der Waals surface area (Å²) in [4.78, 5) is 0. The third-order valence-electron chi connectivity index (χ3n) is 4.59. The van der Waals surface area contributed by atoms with Crippen molar-refractivity contribution >= 4 is 0 Å². The molecule has 4 unspecified atom stereocenters. The number of unbranched alkanes of at least 4 members (excludes halogenated alkanes) is 1. The molecule has 0 aromatic carbocycles. The molecule has 4 atom stereocenters. The first-order valence-corrected chi connectivity index (χ1v) is 7.80. The van der Waals surface area contributed by atoms with E-state index < -0.39 is 0 Å². The number of hydrogen-bond donors (Lipinski definition) is 2. The lowest BCUT2D eigenvalue weighted by Gasteiger charge is -2.31. The summed E-state index contributed by atoms with van der Waals surface area (Å²) in [5, 5.41) is 8.98. The van der Waals surface area contributed by atoms with Crippen LogP contribution in [0.3, 0.4) is 0 Å². The molecule has 0 radical (unpaired) electrons. The van der Waals surface area contributed by atoms with E-state index in [2.05, 4.69) is 34.6 Å². The summed E-state index contributed by atoms with van der Waals surface area (Å²) in [6, 6.07) is 0.151. The molecule has 0 aliphatic carbocycles. The molecule has 0 saturated carbocycles. The molecule has 0 aliphatic rings. The Balaban J connectivity index is 4.38. The van der Waals surface area contributed by atoms with E-state index in [4.69, 9.17) is 10.8 Å². The van der Waals surface area contributed by atoms with E-state index in [-0.39, 0.29) is 12.6 Å². The number of hydrogen-bond acceptors (Lipinski definition) is 2. The topological polar surface area (TPSA) is 46.2 Å². The van der Waals surface area contributed by atoms with Gasteiger partial charge in [0.15, 0.2) is 0 Å². The van der Waals surface area contributed by atoms with Gasteiger partial charge in [0.05, 0.1) is 0 Å². The number of aliphatic hydroxyl groups excluding tert-OH is 1. The van der Waals surface area contributed by atoms with Gasteiger partial charge in [0.25, 0.3) is 0 Å². The standard InChI is InChI=1S/C16H35NO/c1-6-7-8-15(14(5)12(2)3)11-13(4)16(17)9-10-18/h12-16,18H,6-11,17H2,1-5H3. The SMILES string of the molecule is CCCCC(CC(C)C(N)CCO)C(C)C(C)C. The molecular formula is C16H35NO. The monoisotopic (exact) mass is 257 g/mol. The average molecular weight is 257 g/mol. The van der Waals surface area contributed by atoms with Crippen molar-refractivity contribution in [3.05, 3.63) is 0 Å². The highest BCUT2D eigenvalue weighted by Crippen LogP contribution is 2.31. The molecule has 110 valence electrons. The molecule has 0 saturated heterocycles. The zero-order valence-electron chi connectivity index (χ0n) is 13.2. The fourth-order valence-corrected chi connectivity index (χ4v) is 2.69. The molecule has 18 heavy (non-hydrogen) atoms. The van der Waals surface area contributed by atoms with Crippen molar-refractivity contribution in [2.45, 2.75) is 72.8 Å². The van der Waals surface area contributed by atoms with Crippen LogP contribution in [-0.2, 0) is 0 Å². The van der Waals surface area contributed by atoms with Gasteiger partial charge < -0.3 is 10.8 Å². The summed E-state index contributed by atoms with van der Waals surface area (Å²) in [5.41, 5.74) is 6.12. The lowest BCUT2D eigenvalue weighted by molar-refractivity contribution is 0.193. The second-order valence-electron chi connectivity index (χ2n) is 6.39. The molecule has 0 aliphatic heterocycles. The van der Waals surface area contributed by atoms with E-state index >= 15 is 0 Å². The molecule has 3 N–H and O–H groups in total. The van der Waals surface area contributed by atoms with Crippen LogP contribution in [0.4, 0.5) is 0 Å². The van der Waals surface area contributed by atoms with E-state index in [0.717, 1.165) is 24.2 Å². The Morgan fingerprint density at radius 1 is 1.06 bits per heavy atom. The second-order valence-corrected chi connectivity index (χ2v) is 6.39. The molecule has 0 heterocycles. The fraction of sp³-hybridized carbons (Fsp3) is 1.00. The molecular weight excluding hydrogens is 222 g/mol. The van der Waals surface area contributed by atoms with Crippen LogP contribution in [0.1, 0.15) is 66.7 Å². The highest BCUT2D eigenvalue weighted by Gasteiger charge is 2.24. The first kappa shape index (κ1) is 17.9. The van der Waals surface area contributed by atoms with Gasteiger partial charge in [-0.1, -0.05) is 53.9 Å². The number of nitrogens with two attached hydrogens (primary N) is 1. The molecule has 0 fully saturated rings. The van der Waals surface area contributed by atoms with Crippen molar-refractivity contribution in [3.63, 3.8) is 0 Å². The van der Waals surface area contributed by atoms with Gasteiger partial charge >= 0.3 is 0 Å². The summed E-state index contributed by atoms with van der Waals surface area (Å²) in [7, 11) is 0. The van der Waals surface area contributed by atoms with Gasteiger partial charge in [-0.15, -0.1) is 0 Å². The van der Waals surface area contributed by atoms with Crippen molar-refractivity contribution in [3.8, 4) is 0 Å². The van der Waals surface area contributed by atoms with E-state index in [9.17, 15) is 0 Å². The van der Waals surface area contributed by atoms with Gasteiger partial charge in [0.2, 0.25) is 0 Å². The van der Waals surface area contributed by atoms with Gasteiger partial charge in [-0.3, -0.25) is 0 Å². The molecule has 0 aromatic heterocycles. The summed E-state index contributed by atoms with van der Waals surface area (Å²) in [6.07, 6.45) is 5.87. The predicted molar refractivity (Wildman–Crippen MR) is 80.5 cm³/mol. The Morgan fingerprint density at radius 3 is 2.11 bits per heavy atom. The minimum atomic E-state index is 0.151. The smallest absolute Gasteiger partial charge is 0.0445 e. The molecule has 2 nitrogen and oxygen atoms in total. The van der Waals surface area contributed by atoms with Crippen LogP contribution in [0.25, 0.3) is 0 Å². The largest absolute Gasteiger partial charge is 0.396 e. The van der Waals surface area contributed by atoms with Crippen molar-refractivity contribution in [1.29, 1.82) is 0 Å². The van der Waals surface area contributed by atoms with Gasteiger partial charge in [-0.2, -0.15) is 0 Å². The van der Waals surface area contributed by atoms with Crippen LogP contribution in [0.5, 0.6) is 0 Å². The van der Waals surface area contributed by atoms with Crippen LogP contribution in [0, 0.1) is 23.7 Å². The lowest BCUT2D eigenvalue weighted by Crippen LogP contribution is -2.32. The molecule has 0 aromatic rings. The van der Waals surface area contributed by atoms with Gasteiger partial charge in [-0.05, 0) is 36.5 Å². The van der Waals surface area contributed by atoms with Crippen LogP contribution in [0.15, 0.2) is 0 Å². The van der Waals surface area contributed by atoms with Crippen molar-refractivity contribution in [1.82, 2.24) is 0 Å². The highest BCUT2D eigenvalue weighted by atomic mass is 16.3. The molecule has 0 bridgehead atoms. The molecule has 2 heteroatoms. The van der Waals surface area contributed by atoms with E-state index in [1.54, 1.807) is 0 Å². The van der Waals surface area contributed by atoms with Crippen LogP contribution >= 0.6 is 0 Å². The van der Waals surface area contributed by atoms with E-state index in [0.29, 0.717) is 5.92 Å². The summed E-state index contributed by atoms with van der Waals surface area (Å²) in [5.74, 6) is 2.80. The number of rotatable bonds is 10. The normalized spacial score (nSPS) is 18.7. The minimum Gasteiger partial charge on any atom is -0.396 e. The van der Waals surface area contributed by atoms with Gasteiger partial charge in [0.1, 0.15) is 0 Å². The zero-order valence-corrected chi connectivity index (χ0v) is 13.2. The van der Waals surface area contributed by atoms with Gasteiger partial charge in [0, 0.05) is 12.6 Å². The summed E-state index contributed by atoms with van der Waals surface area (Å²) in [6.45, 7) is 11.7. The Bertz CT molecular complexity index is 194. The molecule has 0 rings (SSSR count). The van der Waals surface area contributed by atoms with Crippen LogP contribution in [0.2, 0.25) is 0 Å². The fourth-order valence-electron chi connectivity index (χ4n) is 2.69. The Morgan fingerprint density at radius 2 is 1.67 bits per heavy atom. The zero-order chi connectivity index (χ0) is 14.1. The Labute approximate surface area is 114 Å². The number of aliphatic hydroxyl groups is 1. The Hall–Kier alpha value is -0.0800. The first-order chi connectivity index (χ1) is 8.43.